The van der Waals surface area contributed by atoms with Crippen molar-refractivity contribution in [1.82, 2.24) is 5.09 Å². The molecule has 1 N–H and O–H groups in total. The van der Waals surface area contributed by atoms with Gasteiger partial charge in [0.05, 0.1) is 17.1 Å². The number of nitrogens with one attached hydrogen (secondary N) is 1. The Morgan fingerprint density at radius 1 is 1.07 bits per heavy atom. The smallest absolute Gasteiger partial charge is 0.462 e. The third-order valence-electron chi connectivity index (χ3n) is 3.06. The molecular formula is C17H25N2O10P. The lowest BCUT2D eigenvalue weighted by atomic mass is 10.3. The lowest BCUT2D eigenvalue weighted by molar-refractivity contribution is -0.384. The van der Waals surface area contributed by atoms with Crippen LogP contribution in [0.15, 0.2) is 24.3 Å². The van der Waals surface area contributed by atoms with Crippen LogP contribution in [0.1, 0.15) is 34.6 Å². The maximum atomic E-state index is 13.1. The highest BCUT2D eigenvalue weighted by Gasteiger charge is 2.33. The van der Waals surface area contributed by atoms with E-state index in [1.807, 2.05) is 0 Å². The molecule has 0 heterocycles. The van der Waals surface area contributed by atoms with Gasteiger partial charge in [-0.15, -0.1) is 0 Å². The van der Waals surface area contributed by atoms with Crippen LogP contribution in [0.4, 0.5) is 10.5 Å². The maximum Gasteiger partial charge on any atom is 0.510 e. The van der Waals surface area contributed by atoms with E-state index in [9.17, 15) is 24.3 Å². The lowest BCUT2D eigenvalue weighted by Gasteiger charge is -2.23. The van der Waals surface area contributed by atoms with Crippen LogP contribution in [0, 0.1) is 10.1 Å². The standard InChI is InChI=1S/C17H25N2O10P/c1-11(2)27-16(20)13(5)18-30(24,26-10-25-17(21)28-12(3)4)29-15-8-6-14(7-9-15)19(22)23/h6-9,11-13H,10H2,1-5H3,(H,18,24)/t13-,30?/m0/s1. The van der Waals surface area contributed by atoms with Crippen molar-refractivity contribution in [3.8, 4) is 5.75 Å². The number of nitrogens with zero attached hydrogens (tertiary/aromatic N) is 1. The first-order chi connectivity index (χ1) is 13.9. The Morgan fingerprint density at radius 3 is 2.13 bits per heavy atom. The molecule has 1 unspecified atom stereocenters. The van der Waals surface area contributed by atoms with E-state index in [1.54, 1.807) is 27.7 Å². The summed E-state index contributed by atoms with van der Waals surface area (Å²) in [6.07, 6.45) is -1.91. The molecule has 13 heteroatoms. The zero-order chi connectivity index (χ0) is 22.9. The van der Waals surface area contributed by atoms with Crippen molar-refractivity contribution < 1.29 is 42.3 Å². The van der Waals surface area contributed by atoms with Gasteiger partial charge in [-0.25, -0.2) is 13.9 Å². The third-order valence-corrected chi connectivity index (χ3v) is 4.66. The number of ether oxygens (including phenoxy) is 3. The fraction of sp³-hybridized carbons (Fsp3) is 0.529. The van der Waals surface area contributed by atoms with Crippen LogP contribution in [0.25, 0.3) is 0 Å². The molecule has 1 aromatic carbocycles. The molecule has 0 bridgehead atoms. The second-order valence-electron chi connectivity index (χ2n) is 6.48. The van der Waals surface area contributed by atoms with Crippen molar-refractivity contribution in [2.24, 2.45) is 0 Å². The summed E-state index contributed by atoms with van der Waals surface area (Å²) in [4.78, 5) is 33.6. The second-order valence-corrected chi connectivity index (χ2v) is 8.18. The Labute approximate surface area is 173 Å². The van der Waals surface area contributed by atoms with Gasteiger partial charge in [-0.2, -0.15) is 5.09 Å². The minimum atomic E-state index is -4.28. The zero-order valence-electron chi connectivity index (χ0n) is 17.2. The zero-order valence-corrected chi connectivity index (χ0v) is 18.1. The summed E-state index contributed by atoms with van der Waals surface area (Å²) in [5, 5.41) is 13.1. The van der Waals surface area contributed by atoms with E-state index in [-0.39, 0.29) is 11.4 Å². The van der Waals surface area contributed by atoms with E-state index < -0.39 is 49.8 Å². The fourth-order valence-electron chi connectivity index (χ4n) is 1.85. The van der Waals surface area contributed by atoms with Crippen LogP contribution >= 0.6 is 7.75 Å². The highest BCUT2D eigenvalue weighted by atomic mass is 31.2. The van der Waals surface area contributed by atoms with Gasteiger partial charge in [-0.1, -0.05) is 0 Å². The van der Waals surface area contributed by atoms with E-state index in [0.717, 1.165) is 12.1 Å². The minimum Gasteiger partial charge on any atom is -0.462 e. The summed E-state index contributed by atoms with van der Waals surface area (Å²) in [5.74, 6) is -0.771. The van der Waals surface area contributed by atoms with Gasteiger partial charge >= 0.3 is 19.9 Å². The molecule has 0 radical (unpaired) electrons. The maximum absolute atomic E-state index is 13.1. The number of nitro benzene ring substituents is 1. The summed E-state index contributed by atoms with van der Waals surface area (Å²) in [5.41, 5.74) is -0.209. The molecule has 168 valence electrons. The normalized spacial score (nSPS) is 14.0. The van der Waals surface area contributed by atoms with Crippen molar-refractivity contribution in [3.05, 3.63) is 34.4 Å². The molecule has 0 saturated carbocycles. The monoisotopic (exact) mass is 448 g/mol. The number of carbonyl (C=O) groups excluding carboxylic acids is 2. The Hall–Kier alpha value is -2.69. The van der Waals surface area contributed by atoms with E-state index in [2.05, 4.69) is 9.82 Å². The SMILES string of the molecule is CC(C)OC(=O)OCOP(=O)(N[C@@H](C)C(=O)OC(C)C)Oc1ccc([N+](=O)[O-])cc1. The molecule has 0 aliphatic heterocycles. The van der Waals surface area contributed by atoms with E-state index in [0.29, 0.717) is 0 Å². The van der Waals surface area contributed by atoms with E-state index in [4.69, 9.17) is 18.5 Å². The molecule has 12 nitrogen and oxygen atoms in total. The van der Waals surface area contributed by atoms with Crippen LogP contribution in [-0.4, -0.2) is 42.1 Å². The molecule has 0 aliphatic carbocycles. The van der Waals surface area contributed by atoms with Gasteiger partial charge in [0.1, 0.15) is 11.8 Å². The average Bonchev–Trinajstić information content (AvgIpc) is 2.60. The highest BCUT2D eigenvalue weighted by molar-refractivity contribution is 7.52. The Morgan fingerprint density at radius 2 is 1.63 bits per heavy atom. The molecule has 30 heavy (non-hydrogen) atoms. The topological polar surface area (TPSA) is 153 Å². The van der Waals surface area contributed by atoms with Crippen molar-refractivity contribution in [3.63, 3.8) is 0 Å². The van der Waals surface area contributed by atoms with E-state index in [1.165, 1.54) is 19.1 Å². The lowest BCUT2D eigenvalue weighted by Crippen LogP contribution is -2.36. The molecular weight excluding hydrogens is 423 g/mol. The molecule has 0 amide bonds. The number of carbonyl (C=O) groups is 2. The predicted molar refractivity (Wildman–Crippen MR) is 104 cm³/mol. The number of esters is 1. The molecule has 1 aromatic rings. The molecule has 0 fully saturated rings. The molecule has 1 rings (SSSR count). The first-order valence-electron chi connectivity index (χ1n) is 8.92. The number of hydrogen-bond donors (Lipinski definition) is 1. The Bertz CT molecular complexity index is 781. The average molecular weight is 448 g/mol. The summed E-state index contributed by atoms with van der Waals surface area (Å²) in [6, 6.07) is 3.54. The first-order valence-corrected chi connectivity index (χ1v) is 10.5. The van der Waals surface area contributed by atoms with Gasteiger partial charge in [0.25, 0.3) is 5.69 Å². The molecule has 2 atom stereocenters. The summed E-state index contributed by atoms with van der Waals surface area (Å²) in [7, 11) is -4.28. The number of nitro groups is 1. The van der Waals surface area contributed by atoms with Gasteiger partial charge in [0.15, 0.2) is 0 Å². The van der Waals surface area contributed by atoms with E-state index >= 15 is 0 Å². The predicted octanol–water partition coefficient (Wildman–Crippen LogP) is 3.55. The third kappa shape index (κ3) is 9.21. The quantitative estimate of drug-likeness (QED) is 0.174. The van der Waals surface area contributed by atoms with Gasteiger partial charge in [0.2, 0.25) is 6.79 Å². The Kier molecular flexibility index (Phi) is 9.70. The van der Waals surface area contributed by atoms with Crippen molar-refractivity contribution in [2.75, 3.05) is 6.79 Å². The van der Waals surface area contributed by atoms with Gasteiger partial charge in [0, 0.05) is 12.1 Å². The van der Waals surface area contributed by atoms with Crippen molar-refractivity contribution in [2.45, 2.75) is 52.9 Å². The number of benzene rings is 1. The van der Waals surface area contributed by atoms with Gasteiger partial charge in [-0.05, 0) is 46.8 Å². The fourth-order valence-corrected chi connectivity index (χ4v) is 3.20. The second kappa shape index (κ2) is 11.5. The van der Waals surface area contributed by atoms with Crippen molar-refractivity contribution in [1.29, 1.82) is 0 Å². The summed E-state index contributed by atoms with van der Waals surface area (Å²) >= 11 is 0. The largest absolute Gasteiger partial charge is 0.510 e. The van der Waals surface area contributed by atoms with Crippen LogP contribution in [-0.2, 0) is 28.1 Å². The molecule has 0 saturated heterocycles. The summed E-state index contributed by atoms with van der Waals surface area (Å²) < 4.78 is 37.8. The minimum absolute atomic E-state index is 0.0504. The first kappa shape index (κ1) is 25.3. The van der Waals surface area contributed by atoms with Crippen LogP contribution < -0.4 is 9.61 Å². The molecule has 0 aromatic heterocycles. The van der Waals surface area contributed by atoms with Gasteiger partial charge < -0.3 is 18.7 Å². The summed E-state index contributed by atoms with van der Waals surface area (Å²) in [6.45, 7) is 7.05. The number of rotatable bonds is 11. The van der Waals surface area contributed by atoms with Crippen molar-refractivity contribution >= 4 is 25.6 Å². The number of hydrogen-bond acceptors (Lipinski definition) is 10. The molecule has 0 spiro atoms. The highest BCUT2D eigenvalue weighted by Crippen LogP contribution is 2.45. The van der Waals surface area contributed by atoms with Gasteiger partial charge in [-0.3, -0.25) is 14.9 Å². The van der Waals surface area contributed by atoms with Crippen LogP contribution in [0.3, 0.4) is 0 Å². The van der Waals surface area contributed by atoms with Crippen LogP contribution in [0.5, 0.6) is 5.75 Å². The Balaban J connectivity index is 2.90. The number of non-ortho nitro benzene ring substituents is 1. The molecule has 0 aliphatic rings. The van der Waals surface area contributed by atoms with Crippen LogP contribution in [0.2, 0.25) is 0 Å².